The van der Waals surface area contributed by atoms with Crippen molar-refractivity contribution in [3.8, 4) is 0 Å². The van der Waals surface area contributed by atoms with Gasteiger partial charge in [-0.3, -0.25) is 14.4 Å². The summed E-state index contributed by atoms with van der Waals surface area (Å²) in [5, 5.41) is 8.37. The van der Waals surface area contributed by atoms with Crippen LogP contribution >= 0.6 is 11.3 Å². The Bertz CT molecular complexity index is 695. The van der Waals surface area contributed by atoms with Gasteiger partial charge in [-0.1, -0.05) is 0 Å². The van der Waals surface area contributed by atoms with E-state index in [0.717, 1.165) is 51.1 Å². The lowest BCUT2D eigenvalue weighted by Gasteiger charge is -2.38. The molecule has 2 aromatic heterocycles. The second kappa shape index (κ2) is 5.76. The van der Waals surface area contributed by atoms with Crippen molar-refractivity contribution in [1.82, 2.24) is 14.7 Å². The van der Waals surface area contributed by atoms with Crippen LogP contribution in [0.25, 0.3) is 0 Å². The molecule has 2 fully saturated rings. The number of carbonyl (C=O) groups is 1. The van der Waals surface area contributed by atoms with E-state index in [4.69, 9.17) is 0 Å². The van der Waals surface area contributed by atoms with Crippen molar-refractivity contribution in [2.45, 2.75) is 25.8 Å². The van der Waals surface area contributed by atoms with Gasteiger partial charge in [0, 0.05) is 43.8 Å². The summed E-state index contributed by atoms with van der Waals surface area (Å²) in [5.41, 5.74) is 2.12. The molecule has 122 valence electrons. The van der Waals surface area contributed by atoms with E-state index in [-0.39, 0.29) is 5.41 Å². The van der Waals surface area contributed by atoms with Gasteiger partial charge in [0.1, 0.15) is 0 Å². The Morgan fingerprint density at radius 2 is 2.26 bits per heavy atom. The summed E-state index contributed by atoms with van der Waals surface area (Å²) in [5.74, 6) is 0.326. The largest absolute Gasteiger partial charge is 0.311 e. The van der Waals surface area contributed by atoms with Crippen LogP contribution < -0.4 is 4.90 Å². The molecule has 4 heterocycles. The van der Waals surface area contributed by atoms with Gasteiger partial charge in [0.2, 0.25) is 5.91 Å². The Morgan fingerprint density at radius 1 is 1.35 bits per heavy atom. The molecule has 4 rings (SSSR count). The number of rotatable bonds is 3. The number of nitrogens with zero attached hydrogens (tertiary/aromatic N) is 4. The van der Waals surface area contributed by atoms with Crippen LogP contribution in [0.2, 0.25) is 0 Å². The van der Waals surface area contributed by atoms with Crippen LogP contribution in [-0.2, 0) is 18.4 Å². The van der Waals surface area contributed by atoms with Gasteiger partial charge in [0.15, 0.2) is 0 Å². The monoisotopic (exact) mass is 330 g/mol. The number of hydrogen-bond acceptors (Lipinski definition) is 4. The average Bonchev–Trinajstić information content (AvgIpc) is 3.24. The third-order valence-electron chi connectivity index (χ3n) is 5.15. The van der Waals surface area contributed by atoms with Gasteiger partial charge in [0.05, 0.1) is 17.3 Å². The van der Waals surface area contributed by atoms with E-state index in [1.54, 1.807) is 11.3 Å². The van der Waals surface area contributed by atoms with Crippen molar-refractivity contribution in [2.24, 2.45) is 12.5 Å². The quantitative estimate of drug-likeness (QED) is 0.868. The lowest BCUT2D eigenvalue weighted by Crippen LogP contribution is -2.47. The van der Waals surface area contributed by atoms with Crippen LogP contribution in [0.4, 0.5) is 5.69 Å². The lowest BCUT2D eigenvalue weighted by atomic mass is 9.78. The molecule has 23 heavy (non-hydrogen) atoms. The first-order valence-electron chi connectivity index (χ1n) is 8.20. The van der Waals surface area contributed by atoms with E-state index < -0.39 is 0 Å². The van der Waals surface area contributed by atoms with Crippen LogP contribution in [-0.4, -0.2) is 40.2 Å². The second-order valence-electron chi connectivity index (χ2n) is 6.81. The van der Waals surface area contributed by atoms with Gasteiger partial charge >= 0.3 is 0 Å². The highest BCUT2D eigenvalue weighted by atomic mass is 32.1. The molecule has 6 heteroatoms. The maximum absolute atomic E-state index is 13.1. The average molecular weight is 330 g/mol. The first kappa shape index (κ1) is 14.9. The molecular weight excluding hydrogens is 308 g/mol. The molecule has 0 unspecified atom stereocenters. The molecule has 0 saturated carbocycles. The maximum atomic E-state index is 13.1. The fourth-order valence-electron chi connectivity index (χ4n) is 4.03. The van der Waals surface area contributed by atoms with Gasteiger partial charge in [-0.15, -0.1) is 0 Å². The Balaban J connectivity index is 1.49. The van der Waals surface area contributed by atoms with Crippen molar-refractivity contribution in [1.29, 1.82) is 0 Å². The summed E-state index contributed by atoms with van der Waals surface area (Å²) < 4.78 is 1.84. The zero-order chi connectivity index (χ0) is 15.9. The minimum Gasteiger partial charge on any atom is -0.311 e. The summed E-state index contributed by atoms with van der Waals surface area (Å²) in [6, 6.07) is 2.05. The number of anilines is 1. The minimum absolute atomic E-state index is 0.178. The van der Waals surface area contributed by atoms with Gasteiger partial charge in [-0.05, 0) is 37.3 Å². The van der Waals surface area contributed by atoms with Gasteiger partial charge < -0.3 is 4.90 Å². The minimum atomic E-state index is -0.178. The highest BCUT2D eigenvalue weighted by molar-refractivity contribution is 7.08. The van der Waals surface area contributed by atoms with Gasteiger partial charge in [-0.25, -0.2) is 0 Å². The maximum Gasteiger partial charge on any atom is 0.234 e. The van der Waals surface area contributed by atoms with Crippen LogP contribution in [0.15, 0.2) is 29.2 Å². The molecule has 5 nitrogen and oxygen atoms in total. The molecule has 2 saturated heterocycles. The van der Waals surface area contributed by atoms with Crippen LogP contribution in [0.1, 0.15) is 24.8 Å². The molecule has 0 N–H and O–H groups in total. The number of amides is 1. The topological polar surface area (TPSA) is 41.4 Å². The number of carbonyl (C=O) groups excluding carboxylic acids is 1. The first-order chi connectivity index (χ1) is 11.2. The number of aryl methyl sites for hydroxylation is 1. The van der Waals surface area contributed by atoms with Crippen molar-refractivity contribution in [3.63, 3.8) is 0 Å². The molecule has 1 spiro atoms. The van der Waals surface area contributed by atoms with Crippen molar-refractivity contribution in [3.05, 3.63) is 34.8 Å². The molecule has 2 aliphatic heterocycles. The zero-order valence-corrected chi connectivity index (χ0v) is 14.3. The number of likely N-dealkylation sites (tertiary alicyclic amines) is 1. The Labute approximate surface area is 140 Å². The van der Waals surface area contributed by atoms with Crippen LogP contribution in [0, 0.1) is 5.41 Å². The van der Waals surface area contributed by atoms with E-state index in [1.807, 2.05) is 28.2 Å². The molecule has 0 bridgehead atoms. The van der Waals surface area contributed by atoms with E-state index in [2.05, 4.69) is 27.6 Å². The third kappa shape index (κ3) is 2.70. The fourth-order valence-corrected chi connectivity index (χ4v) is 4.67. The first-order valence-corrected chi connectivity index (χ1v) is 9.15. The molecule has 1 atom stereocenters. The fraction of sp³-hybridized carbons (Fsp3) is 0.529. The highest BCUT2D eigenvalue weighted by Gasteiger charge is 2.49. The van der Waals surface area contributed by atoms with E-state index in [9.17, 15) is 4.79 Å². The normalized spacial score (nSPS) is 25.6. The molecule has 2 aromatic rings. The van der Waals surface area contributed by atoms with Gasteiger partial charge in [-0.2, -0.15) is 16.4 Å². The number of thiophene rings is 1. The molecule has 0 aromatic carbocycles. The van der Waals surface area contributed by atoms with Crippen LogP contribution in [0.3, 0.4) is 0 Å². The van der Waals surface area contributed by atoms with Crippen molar-refractivity contribution >= 4 is 22.9 Å². The Hall–Kier alpha value is -1.66. The van der Waals surface area contributed by atoms with Crippen LogP contribution in [0.5, 0.6) is 0 Å². The zero-order valence-electron chi connectivity index (χ0n) is 13.4. The summed E-state index contributed by atoms with van der Waals surface area (Å²) in [6.45, 7) is 3.70. The van der Waals surface area contributed by atoms with E-state index in [1.165, 1.54) is 5.56 Å². The molecule has 0 aliphatic carbocycles. The number of piperidine rings is 1. The highest BCUT2D eigenvalue weighted by Crippen LogP contribution is 2.42. The summed E-state index contributed by atoms with van der Waals surface area (Å²) in [7, 11) is 1.94. The standard InChI is InChI=1S/C17H22N4OS/c1-19-10-14(9-18-19)11-20-6-2-4-17(13-20)5-7-21(16(17)22)15-3-8-23-12-15/h3,8-10,12H,2,4-7,11,13H2,1H3/t17-/m1/s1. The van der Waals surface area contributed by atoms with Crippen molar-refractivity contribution < 1.29 is 4.79 Å². The molecule has 2 aliphatic rings. The second-order valence-corrected chi connectivity index (χ2v) is 7.59. The molecule has 1 amide bonds. The summed E-state index contributed by atoms with van der Waals surface area (Å²) in [4.78, 5) is 17.5. The number of hydrogen-bond donors (Lipinski definition) is 0. The van der Waals surface area contributed by atoms with Gasteiger partial charge in [0.25, 0.3) is 0 Å². The van der Waals surface area contributed by atoms with Crippen molar-refractivity contribution in [2.75, 3.05) is 24.5 Å². The smallest absolute Gasteiger partial charge is 0.234 e. The lowest BCUT2D eigenvalue weighted by molar-refractivity contribution is -0.128. The summed E-state index contributed by atoms with van der Waals surface area (Å²) in [6.07, 6.45) is 7.09. The SMILES string of the molecule is Cn1cc(CN2CCC[C@@]3(CCN(c4ccsc4)C3=O)C2)cn1. The predicted molar refractivity (Wildman–Crippen MR) is 91.4 cm³/mol. The molecule has 0 radical (unpaired) electrons. The molecular formula is C17H22N4OS. The third-order valence-corrected chi connectivity index (χ3v) is 5.82. The Morgan fingerprint density at radius 3 is 3.00 bits per heavy atom. The predicted octanol–water partition coefficient (Wildman–Crippen LogP) is 2.50. The Kier molecular flexibility index (Phi) is 3.73. The van der Waals surface area contributed by atoms with E-state index in [0.29, 0.717) is 5.91 Å². The number of aromatic nitrogens is 2. The summed E-state index contributed by atoms with van der Waals surface area (Å²) >= 11 is 1.65. The van der Waals surface area contributed by atoms with E-state index >= 15 is 0 Å².